The monoisotopic (exact) mass is 424 g/mol. The number of sulfonamides is 1. The molecule has 3 aromatic rings. The zero-order chi connectivity index (χ0) is 21.3. The van der Waals surface area contributed by atoms with Gasteiger partial charge in [0.2, 0.25) is 10.0 Å². The first-order chi connectivity index (χ1) is 14.3. The number of benzene rings is 2. The summed E-state index contributed by atoms with van der Waals surface area (Å²) in [5.74, 6) is 0.297. The standard InChI is InChI=1S/C21H20N4O4S/c1-30(28,29)24-16-9-7-15(8-10-16)21(27)25-12-11-18-17(13-25)20(26)23-19(22-18)14-5-3-2-4-6-14/h2-10,24H,11-13H2,1H3,(H,22,23,26). The van der Waals surface area contributed by atoms with Gasteiger partial charge in [-0.1, -0.05) is 30.3 Å². The summed E-state index contributed by atoms with van der Waals surface area (Å²) in [5, 5.41) is 0. The van der Waals surface area contributed by atoms with Gasteiger partial charge in [-0.15, -0.1) is 0 Å². The van der Waals surface area contributed by atoms with Crippen LogP contribution in [0, 0.1) is 0 Å². The minimum atomic E-state index is -3.38. The Balaban J connectivity index is 1.54. The van der Waals surface area contributed by atoms with E-state index < -0.39 is 10.0 Å². The molecule has 1 aliphatic heterocycles. The molecule has 0 unspecified atom stereocenters. The lowest BCUT2D eigenvalue weighted by atomic mass is 10.0. The van der Waals surface area contributed by atoms with Gasteiger partial charge in [0.1, 0.15) is 5.82 Å². The Morgan fingerprint density at radius 3 is 2.47 bits per heavy atom. The van der Waals surface area contributed by atoms with Crippen LogP contribution in [-0.2, 0) is 23.0 Å². The van der Waals surface area contributed by atoms with Crippen LogP contribution in [0.5, 0.6) is 0 Å². The van der Waals surface area contributed by atoms with Crippen molar-refractivity contribution in [3.8, 4) is 11.4 Å². The molecule has 0 aliphatic carbocycles. The van der Waals surface area contributed by atoms with E-state index in [1.54, 1.807) is 17.0 Å². The van der Waals surface area contributed by atoms with E-state index in [2.05, 4.69) is 14.7 Å². The van der Waals surface area contributed by atoms with Crippen LogP contribution in [-0.4, -0.2) is 42.0 Å². The largest absolute Gasteiger partial charge is 0.334 e. The van der Waals surface area contributed by atoms with Crippen LogP contribution in [0.25, 0.3) is 11.4 Å². The maximum Gasteiger partial charge on any atom is 0.256 e. The minimum Gasteiger partial charge on any atom is -0.334 e. The van der Waals surface area contributed by atoms with Gasteiger partial charge in [0.05, 0.1) is 24.1 Å². The van der Waals surface area contributed by atoms with Gasteiger partial charge < -0.3 is 9.88 Å². The van der Waals surface area contributed by atoms with Crippen molar-refractivity contribution in [2.75, 3.05) is 17.5 Å². The van der Waals surface area contributed by atoms with Crippen molar-refractivity contribution in [2.24, 2.45) is 0 Å². The summed E-state index contributed by atoms with van der Waals surface area (Å²) < 4.78 is 25.0. The SMILES string of the molecule is CS(=O)(=O)Nc1ccc(C(=O)N2CCc3nc(-c4ccccc4)[nH]c(=O)c3C2)cc1. The molecule has 9 heteroatoms. The van der Waals surface area contributed by atoms with Crippen LogP contribution >= 0.6 is 0 Å². The molecule has 0 radical (unpaired) electrons. The van der Waals surface area contributed by atoms with E-state index in [0.717, 1.165) is 11.8 Å². The lowest BCUT2D eigenvalue weighted by molar-refractivity contribution is 0.0732. The second-order valence-corrected chi connectivity index (χ2v) is 8.88. The first kappa shape index (κ1) is 19.8. The van der Waals surface area contributed by atoms with Gasteiger partial charge in [0, 0.05) is 29.8 Å². The Hall–Kier alpha value is -3.46. The van der Waals surface area contributed by atoms with Crippen LogP contribution < -0.4 is 10.3 Å². The smallest absolute Gasteiger partial charge is 0.256 e. The number of rotatable bonds is 4. The Kier molecular flexibility index (Phi) is 5.13. The first-order valence-electron chi connectivity index (χ1n) is 9.35. The molecule has 0 fully saturated rings. The molecule has 0 spiro atoms. The predicted molar refractivity (Wildman–Crippen MR) is 114 cm³/mol. The van der Waals surface area contributed by atoms with Crippen molar-refractivity contribution in [1.29, 1.82) is 0 Å². The molecule has 1 aromatic heterocycles. The first-order valence-corrected chi connectivity index (χ1v) is 11.2. The summed E-state index contributed by atoms with van der Waals surface area (Å²) in [5.41, 5.74) is 2.58. The number of carbonyl (C=O) groups is 1. The highest BCUT2D eigenvalue weighted by atomic mass is 32.2. The fourth-order valence-corrected chi connectivity index (χ4v) is 3.97. The van der Waals surface area contributed by atoms with Crippen molar-refractivity contribution in [3.05, 3.63) is 81.8 Å². The molecule has 2 aromatic carbocycles. The molecule has 1 amide bonds. The zero-order valence-corrected chi connectivity index (χ0v) is 17.1. The van der Waals surface area contributed by atoms with Gasteiger partial charge in [-0.2, -0.15) is 0 Å². The molecule has 4 rings (SSSR count). The number of nitrogens with one attached hydrogen (secondary N) is 2. The summed E-state index contributed by atoms with van der Waals surface area (Å²) >= 11 is 0. The topological polar surface area (TPSA) is 112 Å². The van der Waals surface area contributed by atoms with E-state index in [9.17, 15) is 18.0 Å². The molecule has 0 saturated carbocycles. The second-order valence-electron chi connectivity index (χ2n) is 7.13. The molecule has 0 bridgehead atoms. The Labute approximate surface area is 173 Å². The molecule has 2 heterocycles. The molecule has 0 atom stereocenters. The third-order valence-electron chi connectivity index (χ3n) is 4.84. The fraction of sp³-hybridized carbons (Fsp3) is 0.190. The summed E-state index contributed by atoms with van der Waals surface area (Å²) in [7, 11) is -3.38. The highest BCUT2D eigenvalue weighted by Crippen LogP contribution is 2.20. The lowest BCUT2D eigenvalue weighted by Crippen LogP contribution is -2.39. The van der Waals surface area contributed by atoms with E-state index in [-0.39, 0.29) is 18.0 Å². The number of aromatic amines is 1. The number of hydrogen-bond donors (Lipinski definition) is 2. The number of anilines is 1. The maximum absolute atomic E-state index is 12.9. The highest BCUT2D eigenvalue weighted by molar-refractivity contribution is 7.92. The third-order valence-corrected chi connectivity index (χ3v) is 5.44. The average Bonchev–Trinajstić information content (AvgIpc) is 2.73. The zero-order valence-electron chi connectivity index (χ0n) is 16.3. The van der Waals surface area contributed by atoms with E-state index in [1.807, 2.05) is 30.3 Å². The summed E-state index contributed by atoms with van der Waals surface area (Å²) in [6.45, 7) is 0.620. The number of nitrogens with zero attached hydrogens (tertiary/aromatic N) is 2. The molecule has 30 heavy (non-hydrogen) atoms. The van der Waals surface area contributed by atoms with E-state index in [1.165, 1.54) is 12.1 Å². The van der Waals surface area contributed by atoms with Gasteiger partial charge in [-0.05, 0) is 24.3 Å². The fourth-order valence-electron chi connectivity index (χ4n) is 3.41. The molecule has 1 aliphatic rings. The molecule has 2 N–H and O–H groups in total. The Morgan fingerprint density at radius 1 is 1.10 bits per heavy atom. The van der Waals surface area contributed by atoms with Crippen LogP contribution in [0.1, 0.15) is 21.6 Å². The summed E-state index contributed by atoms with van der Waals surface area (Å²) in [6, 6.07) is 15.6. The van der Waals surface area contributed by atoms with Crippen LogP contribution in [0.15, 0.2) is 59.4 Å². The second kappa shape index (κ2) is 7.75. The van der Waals surface area contributed by atoms with Crippen LogP contribution in [0.4, 0.5) is 5.69 Å². The van der Waals surface area contributed by atoms with E-state index in [4.69, 9.17) is 0 Å². The van der Waals surface area contributed by atoms with Gasteiger partial charge in [0.25, 0.3) is 11.5 Å². The number of fused-ring (bicyclic) bond motifs is 1. The van der Waals surface area contributed by atoms with Crippen LogP contribution in [0.2, 0.25) is 0 Å². The quantitative estimate of drug-likeness (QED) is 0.665. The number of carbonyl (C=O) groups excluding carboxylic acids is 1. The minimum absolute atomic E-state index is 0.176. The summed E-state index contributed by atoms with van der Waals surface area (Å²) in [6.07, 6.45) is 1.55. The number of aromatic nitrogens is 2. The predicted octanol–water partition coefficient (Wildman–Crippen LogP) is 2.01. The van der Waals surface area contributed by atoms with Crippen molar-refractivity contribution in [1.82, 2.24) is 14.9 Å². The van der Waals surface area contributed by atoms with Gasteiger partial charge in [-0.25, -0.2) is 13.4 Å². The van der Waals surface area contributed by atoms with E-state index in [0.29, 0.717) is 41.3 Å². The molecule has 0 saturated heterocycles. The van der Waals surface area contributed by atoms with Crippen LogP contribution in [0.3, 0.4) is 0 Å². The molecular formula is C21H20N4O4S. The van der Waals surface area contributed by atoms with Gasteiger partial charge >= 0.3 is 0 Å². The van der Waals surface area contributed by atoms with Crippen molar-refractivity contribution < 1.29 is 13.2 Å². The van der Waals surface area contributed by atoms with Crippen molar-refractivity contribution in [2.45, 2.75) is 13.0 Å². The van der Waals surface area contributed by atoms with E-state index >= 15 is 0 Å². The highest BCUT2D eigenvalue weighted by Gasteiger charge is 2.25. The van der Waals surface area contributed by atoms with Gasteiger partial charge in [-0.3, -0.25) is 14.3 Å². The molecule has 154 valence electrons. The van der Waals surface area contributed by atoms with Crippen molar-refractivity contribution >= 4 is 21.6 Å². The number of amides is 1. The maximum atomic E-state index is 12.9. The Bertz CT molecular complexity index is 1250. The molecular weight excluding hydrogens is 404 g/mol. The number of hydrogen-bond acceptors (Lipinski definition) is 5. The normalized spacial score (nSPS) is 13.6. The lowest BCUT2D eigenvalue weighted by Gasteiger charge is -2.28. The molecule has 8 nitrogen and oxygen atoms in total. The summed E-state index contributed by atoms with van der Waals surface area (Å²) in [4.78, 5) is 34.5. The van der Waals surface area contributed by atoms with Gasteiger partial charge in [0.15, 0.2) is 0 Å². The number of H-pyrrole nitrogens is 1. The average molecular weight is 424 g/mol. The van der Waals surface area contributed by atoms with Crippen molar-refractivity contribution in [3.63, 3.8) is 0 Å². The third kappa shape index (κ3) is 4.25. The Morgan fingerprint density at radius 2 is 1.80 bits per heavy atom.